The molecule has 1 aliphatic heterocycles. The summed E-state index contributed by atoms with van der Waals surface area (Å²) in [6, 6.07) is 11.0. The molecule has 0 radical (unpaired) electrons. The zero-order chi connectivity index (χ0) is 15.7. The van der Waals surface area contributed by atoms with Crippen molar-refractivity contribution in [1.82, 2.24) is 4.57 Å². The van der Waals surface area contributed by atoms with Crippen LogP contribution in [0.4, 0.5) is 11.4 Å². The quantitative estimate of drug-likeness (QED) is 0.850. The molecule has 1 amide bonds. The van der Waals surface area contributed by atoms with Crippen molar-refractivity contribution in [3.05, 3.63) is 58.5 Å². The van der Waals surface area contributed by atoms with Crippen molar-refractivity contribution < 1.29 is 4.79 Å². The molecule has 114 valence electrons. The number of likely N-dealkylation sites (N-methyl/N-ethyl adjacent to an activating group) is 1. The largest absolute Gasteiger partial charge is 0.368 e. The molecule has 1 aromatic carbocycles. The number of fused-ring (bicyclic) bond motifs is 1. The van der Waals surface area contributed by atoms with E-state index in [0.29, 0.717) is 12.1 Å². The topological polar surface area (TPSA) is 45.6 Å². The summed E-state index contributed by atoms with van der Waals surface area (Å²) in [5, 5.41) is 0. The van der Waals surface area contributed by atoms with Gasteiger partial charge in [-0.05, 0) is 25.1 Å². The van der Waals surface area contributed by atoms with Gasteiger partial charge in [-0.15, -0.1) is 0 Å². The predicted molar refractivity (Wildman–Crippen MR) is 87.7 cm³/mol. The van der Waals surface area contributed by atoms with Crippen LogP contribution in [0.1, 0.15) is 17.3 Å². The second-order valence-electron chi connectivity index (χ2n) is 5.39. The molecule has 2 heterocycles. The van der Waals surface area contributed by atoms with Crippen molar-refractivity contribution in [2.75, 3.05) is 29.4 Å². The van der Waals surface area contributed by atoms with Gasteiger partial charge in [0, 0.05) is 38.9 Å². The van der Waals surface area contributed by atoms with Crippen molar-refractivity contribution in [1.29, 1.82) is 0 Å². The van der Waals surface area contributed by atoms with Crippen LogP contribution in [-0.4, -0.2) is 30.1 Å². The second-order valence-corrected chi connectivity index (χ2v) is 5.39. The lowest BCUT2D eigenvalue weighted by Gasteiger charge is -2.37. The number of anilines is 2. The Kier molecular flexibility index (Phi) is 3.71. The van der Waals surface area contributed by atoms with Crippen molar-refractivity contribution in [3.8, 4) is 0 Å². The van der Waals surface area contributed by atoms with E-state index in [4.69, 9.17) is 0 Å². The van der Waals surface area contributed by atoms with Gasteiger partial charge in [0.25, 0.3) is 5.91 Å². The highest BCUT2D eigenvalue weighted by atomic mass is 16.2. The summed E-state index contributed by atoms with van der Waals surface area (Å²) in [7, 11) is 1.65. The maximum absolute atomic E-state index is 12.8. The zero-order valence-corrected chi connectivity index (χ0v) is 12.8. The number of pyridine rings is 1. The molecule has 5 nitrogen and oxygen atoms in total. The van der Waals surface area contributed by atoms with Gasteiger partial charge in [0.15, 0.2) is 0 Å². The summed E-state index contributed by atoms with van der Waals surface area (Å²) in [4.78, 5) is 28.4. The summed E-state index contributed by atoms with van der Waals surface area (Å²) in [5.74, 6) is -0.0706. The third kappa shape index (κ3) is 2.39. The third-order valence-corrected chi connectivity index (χ3v) is 4.07. The number of hydrogen-bond donors (Lipinski definition) is 0. The van der Waals surface area contributed by atoms with Crippen LogP contribution >= 0.6 is 0 Å². The smallest absolute Gasteiger partial charge is 0.259 e. The average molecular weight is 297 g/mol. The molecule has 0 spiro atoms. The molecule has 0 unspecified atom stereocenters. The van der Waals surface area contributed by atoms with Gasteiger partial charge in [0.1, 0.15) is 0 Å². The minimum absolute atomic E-state index is 0.0706. The van der Waals surface area contributed by atoms with Gasteiger partial charge in [-0.3, -0.25) is 9.59 Å². The van der Waals surface area contributed by atoms with E-state index in [1.165, 1.54) is 10.6 Å². The van der Waals surface area contributed by atoms with E-state index in [1.807, 2.05) is 24.3 Å². The van der Waals surface area contributed by atoms with Crippen LogP contribution in [0.5, 0.6) is 0 Å². The van der Waals surface area contributed by atoms with Crippen LogP contribution in [-0.2, 0) is 7.05 Å². The maximum Gasteiger partial charge on any atom is 0.259 e. The minimum atomic E-state index is -0.118. The number of para-hydroxylation sites is 2. The van der Waals surface area contributed by atoms with Gasteiger partial charge in [-0.1, -0.05) is 12.1 Å². The average Bonchev–Trinajstić information content (AvgIpc) is 2.55. The summed E-state index contributed by atoms with van der Waals surface area (Å²) in [6.45, 7) is 4.48. The molecule has 0 bridgehead atoms. The second kappa shape index (κ2) is 5.67. The summed E-state index contributed by atoms with van der Waals surface area (Å²) in [5.41, 5.74) is 2.42. The molecule has 1 aliphatic rings. The lowest BCUT2D eigenvalue weighted by molar-refractivity contribution is 0.0986. The Labute approximate surface area is 129 Å². The van der Waals surface area contributed by atoms with Gasteiger partial charge in [0.2, 0.25) is 5.56 Å². The zero-order valence-electron chi connectivity index (χ0n) is 12.8. The first kappa shape index (κ1) is 14.4. The standard InChI is InChI=1S/C17H19N3O2/c1-3-19-10-11-20(15-7-5-4-6-14(15)19)17(22)13-8-9-16(21)18(2)12-13/h4-9,12H,3,10-11H2,1-2H3. The Balaban J connectivity index is 2.00. The number of carbonyl (C=O) groups excluding carboxylic acids is 1. The number of rotatable bonds is 2. The van der Waals surface area contributed by atoms with E-state index in [9.17, 15) is 9.59 Å². The minimum Gasteiger partial charge on any atom is -0.368 e. The first-order chi connectivity index (χ1) is 10.6. The molecule has 3 rings (SSSR count). The van der Waals surface area contributed by atoms with Crippen molar-refractivity contribution >= 4 is 17.3 Å². The molecule has 0 N–H and O–H groups in total. The maximum atomic E-state index is 12.8. The van der Waals surface area contributed by atoms with Gasteiger partial charge >= 0.3 is 0 Å². The van der Waals surface area contributed by atoms with Crippen LogP contribution < -0.4 is 15.4 Å². The monoisotopic (exact) mass is 297 g/mol. The van der Waals surface area contributed by atoms with Crippen LogP contribution in [0.15, 0.2) is 47.4 Å². The van der Waals surface area contributed by atoms with Crippen molar-refractivity contribution in [3.63, 3.8) is 0 Å². The number of aryl methyl sites for hydroxylation is 1. The van der Waals surface area contributed by atoms with Gasteiger partial charge < -0.3 is 14.4 Å². The summed E-state index contributed by atoms with van der Waals surface area (Å²) in [6.07, 6.45) is 1.60. The van der Waals surface area contributed by atoms with Gasteiger partial charge in [-0.2, -0.15) is 0 Å². The third-order valence-electron chi connectivity index (χ3n) is 4.07. The molecule has 1 aromatic heterocycles. The Morgan fingerprint density at radius 3 is 2.50 bits per heavy atom. The Bertz CT molecular complexity index is 766. The first-order valence-corrected chi connectivity index (χ1v) is 7.44. The van der Waals surface area contributed by atoms with Crippen LogP contribution in [0, 0.1) is 0 Å². The lowest BCUT2D eigenvalue weighted by Crippen LogP contribution is -2.44. The highest BCUT2D eigenvalue weighted by Gasteiger charge is 2.26. The summed E-state index contributed by atoms with van der Waals surface area (Å²) >= 11 is 0. The van der Waals surface area contributed by atoms with E-state index in [-0.39, 0.29) is 11.5 Å². The molecular formula is C17H19N3O2. The number of benzene rings is 1. The van der Waals surface area contributed by atoms with E-state index in [2.05, 4.69) is 11.8 Å². The molecule has 5 heteroatoms. The van der Waals surface area contributed by atoms with E-state index >= 15 is 0 Å². The molecule has 22 heavy (non-hydrogen) atoms. The van der Waals surface area contributed by atoms with Crippen molar-refractivity contribution in [2.45, 2.75) is 6.92 Å². The van der Waals surface area contributed by atoms with E-state index < -0.39 is 0 Å². The fourth-order valence-electron chi connectivity index (χ4n) is 2.84. The molecule has 0 saturated heterocycles. The fraction of sp³-hybridized carbons (Fsp3) is 0.294. The summed E-state index contributed by atoms with van der Waals surface area (Å²) < 4.78 is 1.43. The normalized spacial score (nSPS) is 13.9. The fourth-order valence-corrected chi connectivity index (χ4v) is 2.84. The molecular weight excluding hydrogens is 278 g/mol. The van der Waals surface area contributed by atoms with Gasteiger partial charge in [-0.25, -0.2) is 0 Å². The number of nitrogens with zero attached hydrogens (tertiary/aromatic N) is 3. The lowest BCUT2D eigenvalue weighted by atomic mass is 10.1. The van der Waals surface area contributed by atoms with Crippen molar-refractivity contribution in [2.24, 2.45) is 7.05 Å². The Morgan fingerprint density at radius 1 is 1.09 bits per heavy atom. The Morgan fingerprint density at radius 2 is 1.82 bits per heavy atom. The van der Waals surface area contributed by atoms with E-state index in [1.54, 1.807) is 24.2 Å². The van der Waals surface area contributed by atoms with E-state index in [0.717, 1.165) is 24.5 Å². The highest BCUT2D eigenvalue weighted by Crippen LogP contribution is 2.33. The van der Waals surface area contributed by atoms with Crippen LogP contribution in [0.2, 0.25) is 0 Å². The highest BCUT2D eigenvalue weighted by molar-refractivity contribution is 6.08. The molecule has 0 fully saturated rings. The van der Waals surface area contributed by atoms with Crippen LogP contribution in [0.25, 0.3) is 0 Å². The first-order valence-electron chi connectivity index (χ1n) is 7.44. The number of carbonyl (C=O) groups is 1. The molecule has 2 aromatic rings. The SMILES string of the molecule is CCN1CCN(C(=O)c2ccc(=O)n(C)c2)c2ccccc21. The molecule has 0 atom stereocenters. The van der Waals surface area contributed by atoms with Crippen LogP contribution in [0.3, 0.4) is 0 Å². The number of aromatic nitrogens is 1. The Hall–Kier alpha value is -2.56. The molecule has 0 saturated carbocycles. The number of amides is 1. The van der Waals surface area contributed by atoms with Gasteiger partial charge in [0.05, 0.1) is 16.9 Å². The predicted octanol–water partition coefficient (Wildman–Crippen LogP) is 1.87. The number of hydrogen-bond acceptors (Lipinski definition) is 3. The molecule has 0 aliphatic carbocycles.